The molecule has 0 unspecified atom stereocenters. The minimum absolute atomic E-state index is 0.150. The molecule has 3 aromatic rings. The van der Waals surface area contributed by atoms with E-state index >= 15 is 0 Å². The van der Waals surface area contributed by atoms with E-state index in [0.717, 1.165) is 11.4 Å². The summed E-state index contributed by atoms with van der Waals surface area (Å²) in [6.07, 6.45) is 2.01. The summed E-state index contributed by atoms with van der Waals surface area (Å²) in [5.41, 5.74) is 1.72. The van der Waals surface area contributed by atoms with Gasteiger partial charge in [-0.05, 0) is 24.3 Å². The molecule has 0 fully saturated rings. The average molecular weight is 349 g/mol. The van der Waals surface area contributed by atoms with Crippen LogP contribution in [0.1, 0.15) is 29.5 Å². The number of nitrogens with zero attached hydrogens (tertiary/aromatic N) is 3. The predicted molar refractivity (Wildman–Crippen MR) is 97.9 cm³/mol. The molecule has 0 spiro atoms. The van der Waals surface area contributed by atoms with Crippen LogP contribution < -0.4 is 10.6 Å². The molecule has 1 aromatic carbocycles. The van der Waals surface area contributed by atoms with Gasteiger partial charge in [-0.3, -0.25) is 14.6 Å². The number of anilines is 1. The van der Waals surface area contributed by atoms with E-state index in [4.69, 9.17) is 0 Å². The number of carbonyl (C=O) groups excluding carboxylic acids is 2. The highest BCUT2D eigenvalue weighted by molar-refractivity contribution is 5.95. The molecule has 2 amide bonds. The van der Waals surface area contributed by atoms with Gasteiger partial charge in [0.05, 0.1) is 17.9 Å². The van der Waals surface area contributed by atoms with E-state index in [1.807, 2.05) is 48.5 Å². The van der Waals surface area contributed by atoms with Gasteiger partial charge in [0, 0.05) is 18.7 Å². The summed E-state index contributed by atoms with van der Waals surface area (Å²) < 4.78 is 1.54. The molecule has 2 heterocycles. The summed E-state index contributed by atoms with van der Waals surface area (Å²) >= 11 is 0. The van der Waals surface area contributed by atoms with Gasteiger partial charge in [0.1, 0.15) is 5.82 Å². The Balaban J connectivity index is 1.83. The van der Waals surface area contributed by atoms with Crippen LogP contribution in [0.3, 0.4) is 0 Å². The van der Waals surface area contributed by atoms with Gasteiger partial charge < -0.3 is 10.6 Å². The van der Waals surface area contributed by atoms with Crippen LogP contribution in [0.15, 0.2) is 60.8 Å². The maximum Gasteiger partial charge on any atom is 0.272 e. The molecule has 2 N–H and O–H groups in total. The second-order valence-electron chi connectivity index (χ2n) is 5.57. The SMILES string of the molecule is CCC(=O)Nc1cc(C(=O)NCc2ccccn2)nn1-c1ccccc1. The quantitative estimate of drug-likeness (QED) is 0.716. The van der Waals surface area contributed by atoms with Crippen molar-refractivity contribution in [2.75, 3.05) is 5.32 Å². The summed E-state index contributed by atoms with van der Waals surface area (Å²) in [5.74, 6) is -0.0362. The lowest BCUT2D eigenvalue weighted by molar-refractivity contribution is -0.115. The molecule has 0 aliphatic rings. The zero-order chi connectivity index (χ0) is 18.4. The van der Waals surface area contributed by atoms with Crippen molar-refractivity contribution in [2.24, 2.45) is 0 Å². The molecule has 26 heavy (non-hydrogen) atoms. The smallest absolute Gasteiger partial charge is 0.272 e. The number of rotatable bonds is 6. The third-order valence-electron chi connectivity index (χ3n) is 3.69. The molecule has 0 radical (unpaired) electrons. The van der Waals surface area contributed by atoms with Crippen LogP contribution in [0.25, 0.3) is 5.69 Å². The Labute approximate surface area is 151 Å². The first-order valence-electron chi connectivity index (χ1n) is 8.31. The van der Waals surface area contributed by atoms with Crippen LogP contribution >= 0.6 is 0 Å². The second-order valence-corrected chi connectivity index (χ2v) is 5.57. The molecule has 3 rings (SSSR count). The number of nitrogens with one attached hydrogen (secondary N) is 2. The van der Waals surface area contributed by atoms with E-state index in [9.17, 15) is 9.59 Å². The highest BCUT2D eigenvalue weighted by Crippen LogP contribution is 2.17. The Morgan fingerprint density at radius 3 is 2.54 bits per heavy atom. The maximum atomic E-state index is 12.4. The fourth-order valence-corrected chi connectivity index (χ4v) is 2.34. The van der Waals surface area contributed by atoms with Crippen molar-refractivity contribution in [1.82, 2.24) is 20.1 Å². The lowest BCUT2D eigenvalue weighted by Crippen LogP contribution is -2.23. The van der Waals surface area contributed by atoms with Gasteiger partial charge in [0.25, 0.3) is 5.91 Å². The zero-order valence-corrected chi connectivity index (χ0v) is 14.3. The highest BCUT2D eigenvalue weighted by atomic mass is 16.2. The van der Waals surface area contributed by atoms with Crippen molar-refractivity contribution in [1.29, 1.82) is 0 Å². The number of aromatic nitrogens is 3. The number of amides is 2. The topological polar surface area (TPSA) is 88.9 Å². The van der Waals surface area contributed by atoms with Gasteiger partial charge >= 0.3 is 0 Å². The number of benzene rings is 1. The molecule has 0 saturated heterocycles. The number of carbonyl (C=O) groups is 2. The van der Waals surface area contributed by atoms with Gasteiger partial charge in [0.15, 0.2) is 5.69 Å². The monoisotopic (exact) mass is 349 g/mol. The lowest BCUT2D eigenvalue weighted by Gasteiger charge is -2.07. The van der Waals surface area contributed by atoms with Crippen molar-refractivity contribution < 1.29 is 9.59 Å². The van der Waals surface area contributed by atoms with Crippen LogP contribution in [0, 0.1) is 0 Å². The van der Waals surface area contributed by atoms with Crippen molar-refractivity contribution in [3.05, 3.63) is 72.2 Å². The van der Waals surface area contributed by atoms with Crippen LogP contribution in [0.4, 0.5) is 5.82 Å². The fraction of sp³-hybridized carbons (Fsp3) is 0.158. The fourth-order valence-electron chi connectivity index (χ4n) is 2.34. The summed E-state index contributed by atoms with van der Waals surface area (Å²) in [5, 5.41) is 9.91. The van der Waals surface area contributed by atoms with E-state index in [2.05, 4.69) is 20.7 Å². The Hall–Kier alpha value is -3.48. The Kier molecular flexibility index (Phi) is 5.38. The van der Waals surface area contributed by atoms with Gasteiger partial charge in [0.2, 0.25) is 5.91 Å². The lowest BCUT2D eigenvalue weighted by atomic mass is 10.3. The minimum Gasteiger partial charge on any atom is -0.345 e. The number of hydrogen-bond acceptors (Lipinski definition) is 4. The van der Waals surface area contributed by atoms with Crippen molar-refractivity contribution >= 4 is 17.6 Å². The average Bonchev–Trinajstić information content (AvgIpc) is 3.11. The molecule has 0 saturated carbocycles. The van der Waals surface area contributed by atoms with Gasteiger partial charge in [-0.1, -0.05) is 31.2 Å². The normalized spacial score (nSPS) is 10.3. The molecule has 0 aliphatic heterocycles. The zero-order valence-electron chi connectivity index (χ0n) is 14.3. The van der Waals surface area contributed by atoms with E-state index in [-0.39, 0.29) is 17.5 Å². The van der Waals surface area contributed by atoms with Crippen molar-refractivity contribution in [3.63, 3.8) is 0 Å². The third-order valence-corrected chi connectivity index (χ3v) is 3.69. The summed E-state index contributed by atoms with van der Waals surface area (Å²) in [7, 11) is 0. The number of hydrogen-bond donors (Lipinski definition) is 2. The predicted octanol–water partition coefficient (Wildman–Crippen LogP) is 2.55. The van der Waals surface area contributed by atoms with Crippen LogP contribution in [0.2, 0.25) is 0 Å². The van der Waals surface area contributed by atoms with E-state index in [0.29, 0.717) is 18.8 Å². The minimum atomic E-state index is -0.336. The molecule has 0 atom stereocenters. The van der Waals surface area contributed by atoms with E-state index in [1.165, 1.54) is 0 Å². The second kappa shape index (κ2) is 8.06. The first-order chi connectivity index (χ1) is 12.7. The van der Waals surface area contributed by atoms with Gasteiger partial charge in [-0.2, -0.15) is 5.10 Å². The molecule has 0 aliphatic carbocycles. The maximum absolute atomic E-state index is 12.4. The largest absolute Gasteiger partial charge is 0.345 e. The molecule has 0 bridgehead atoms. The number of para-hydroxylation sites is 1. The summed E-state index contributed by atoms with van der Waals surface area (Å²) in [4.78, 5) is 28.4. The highest BCUT2D eigenvalue weighted by Gasteiger charge is 2.16. The summed E-state index contributed by atoms with van der Waals surface area (Å²) in [6, 6.07) is 16.4. The molecule has 2 aromatic heterocycles. The molecular formula is C19H19N5O2. The van der Waals surface area contributed by atoms with Gasteiger partial charge in [-0.25, -0.2) is 4.68 Å². The van der Waals surface area contributed by atoms with Crippen LogP contribution in [-0.2, 0) is 11.3 Å². The molecule has 7 heteroatoms. The Bertz CT molecular complexity index is 891. The molecule has 7 nitrogen and oxygen atoms in total. The molecular weight excluding hydrogens is 330 g/mol. The van der Waals surface area contributed by atoms with Crippen molar-refractivity contribution in [2.45, 2.75) is 19.9 Å². The standard InChI is InChI=1S/C19H19N5O2/c1-2-18(25)22-17-12-16(23-24(17)15-9-4-3-5-10-15)19(26)21-13-14-8-6-7-11-20-14/h3-12H,2,13H2,1H3,(H,21,26)(H,22,25). The summed E-state index contributed by atoms with van der Waals surface area (Å²) in [6.45, 7) is 2.06. The third kappa shape index (κ3) is 4.13. The number of pyridine rings is 1. The Morgan fingerprint density at radius 1 is 1.08 bits per heavy atom. The van der Waals surface area contributed by atoms with Crippen LogP contribution in [0.5, 0.6) is 0 Å². The first kappa shape index (κ1) is 17.3. The van der Waals surface area contributed by atoms with Gasteiger partial charge in [-0.15, -0.1) is 0 Å². The first-order valence-corrected chi connectivity index (χ1v) is 8.31. The molecule has 132 valence electrons. The van der Waals surface area contributed by atoms with E-state index in [1.54, 1.807) is 23.9 Å². The van der Waals surface area contributed by atoms with Crippen molar-refractivity contribution in [3.8, 4) is 5.69 Å². The van der Waals surface area contributed by atoms with E-state index < -0.39 is 0 Å². The Morgan fingerprint density at radius 2 is 1.85 bits per heavy atom. The van der Waals surface area contributed by atoms with Crippen LogP contribution in [-0.4, -0.2) is 26.6 Å².